The van der Waals surface area contributed by atoms with Crippen LogP contribution < -0.4 is 26.3 Å². The molecule has 0 spiro atoms. The molecule has 0 aliphatic carbocycles. The van der Waals surface area contributed by atoms with Crippen LogP contribution in [-0.2, 0) is 4.79 Å². The van der Waals surface area contributed by atoms with Gasteiger partial charge in [-0.05, 0) is 11.6 Å². The van der Waals surface area contributed by atoms with Gasteiger partial charge >= 0.3 is 0 Å². The third kappa shape index (κ3) is 2.32. The molecule has 92 valence electrons. The second kappa shape index (κ2) is 4.60. The maximum absolute atomic E-state index is 11.1. The van der Waals surface area contributed by atoms with E-state index in [1.165, 1.54) is 6.92 Å². The Labute approximate surface area is 98.9 Å². The van der Waals surface area contributed by atoms with Crippen molar-refractivity contribution >= 4 is 11.6 Å². The summed E-state index contributed by atoms with van der Waals surface area (Å²) in [6, 6.07) is 3.10. The molecule has 6 nitrogen and oxygen atoms in total. The fourth-order valence-corrected chi connectivity index (χ4v) is 1.69. The van der Waals surface area contributed by atoms with Crippen LogP contribution in [0.4, 0.5) is 5.69 Å². The second-order valence-corrected chi connectivity index (χ2v) is 3.82. The van der Waals surface area contributed by atoms with E-state index >= 15 is 0 Å². The third-order valence-corrected chi connectivity index (χ3v) is 2.51. The minimum absolute atomic E-state index is 0.172. The zero-order valence-corrected chi connectivity index (χ0v) is 9.53. The van der Waals surface area contributed by atoms with Crippen molar-refractivity contribution in [2.45, 2.75) is 13.0 Å². The van der Waals surface area contributed by atoms with E-state index in [9.17, 15) is 4.79 Å². The van der Waals surface area contributed by atoms with Crippen LogP contribution in [0.15, 0.2) is 12.1 Å². The van der Waals surface area contributed by atoms with E-state index < -0.39 is 0 Å². The standard InChI is InChI=1S/C11H15N3O3/c1-6(15)14-9-3-11-10(16-5-17-11)2-7(9)8(13)4-12/h2-3,8H,4-5,12-13H2,1H3,(H,14,15)/t8-/m0/s1. The predicted octanol–water partition coefficient (Wildman–Crippen LogP) is 0.332. The highest BCUT2D eigenvalue weighted by Crippen LogP contribution is 2.38. The van der Waals surface area contributed by atoms with Crippen molar-refractivity contribution < 1.29 is 14.3 Å². The number of ether oxygens (including phenoxy) is 2. The van der Waals surface area contributed by atoms with Crippen LogP contribution in [0.3, 0.4) is 0 Å². The average Bonchev–Trinajstić information content (AvgIpc) is 2.73. The van der Waals surface area contributed by atoms with Crippen LogP contribution in [-0.4, -0.2) is 19.2 Å². The van der Waals surface area contributed by atoms with Gasteiger partial charge in [-0.2, -0.15) is 0 Å². The first kappa shape index (κ1) is 11.7. The zero-order chi connectivity index (χ0) is 12.4. The van der Waals surface area contributed by atoms with Crippen LogP contribution in [0, 0.1) is 0 Å². The van der Waals surface area contributed by atoms with Gasteiger partial charge in [-0.15, -0.1) is 0 Å². The van der Waals surface area contributed by atoms with Crippen LogP contribution in [0.2, 0.25) is 0 Å². The maximum atomic E-state index is 11.1. The summed E-state index contributed by atoms with van der Waals surface area (Å²) < 4.78 is 10.5. The van der Waals surface area contributed by atoms with Crippen molar-refractivity contribution in [2.75, 3.05) is 18.7 Å². The normalized spacial score (nSPS) is 14.5. The lowest BCUT2D eigenvalue weighted by Crippen LogP contribution is -2.22. The van der Waals surface area contributed by atoms with Gasteiger partial charge in [-0.3, -0.25) is 4.79 Å². The van der Waals surface area contributed by atoms with E-state index in [0.29, 0.717) is 17.2 Å². The van der Waals surface area contributed by atoms with Gasteiger partial charge in [-0.25, -0.2) is 0 Å². The molecule has 5 N–H and O–H groups in total. The molecule has 1 aliphatic heterocycles. The molecule has 1 aliphatic rings. The van der Waals surface area contributed by atoms with Crippen molar-refractivity contribution in [1.29, 1.82) is 0 Å². The minimum atomic E-state index is -0.355. The van der Waals surface area contributed by atoms with E-state index in [4.69, 9.17) is 20.9 Å². The molecule has 6 heteroatoms. The van der Waals surface area contributed by atoms with Crippen LogP contribution in [0.5, 0.6) is 11.5 Å². The predicted molar refractivity (Wildman–Crippen MR) is 62.9 cm³/mol. The lowest BCUT2D eigenvalue weighted by atomic mass is 10.0. The molecule has 0 aromatic heterocycles. The van der Waals surface area contributed by atoms with E-state index in [-0.39, 0.29) is 25.3 Å². The van der Waals surface area contributed by atoms with Crippen LogP contribution in [0.25, 0.3) is 0 Å². The highest BCUT2D eigenvalue weighted by atomic mass is 16.7. The molecule has 0 radical (unpaired) electrons. The van der Waals surface area contributed by atoms with E-state index in [0.717, 1.165) is 5.56 Å². The Hall–Kier alpha value is -1.79. The second-order valence-electron chi connectivity index (χ2n) is 3.82. The number of rotatable bonds is 3. The van der Waals surface area contributed by atoms with Crippen molar-refractivity contribution in [3.63, 3.8) is 0 Å². The van der Waals surface area contributed by atoms with E-state index in [1.807, 2.05) is 0 Å². The molecule has 17 heavy (non-hydrogen) atoms. The van der Waals surface area contributed by atoms with Crippen molar-refractivity contribution in [2.24, 2.45) is 11.5 Å². The maximum Gasteiger partial charge on any atom is 0.231 e. The number of nitrogens with one attached hydrogen (secondary N) is 1. The van der Waals surface area contributed by atoms with Crippen molar-refractivity contribution in [3.8, 4) is 11.5 Å². The topological polar surface area (TPSA) is 99.6 Å². The van der Waals surface area contributed by atoms with Crippen molar-refractivity contribution in [3.05, 3.63) is 17.7 Å². The fourth-order valence-electron chi connectivity index (χ4n) is 1.69. The summed E-state index contributed by atoms with van der Waals surface area (Å²) in [5, 5.41) is 2.71. The number of benzene rings is 1. The summed E-state index contributed by atoms with van der Waals surface area (Å²) in [6.45, 7) is 1.89. The summed E-state index contributed by atoms with van der Waals surface area (Å²) in [5.41, 5.74) is 12.8. The quantitative estimate of drug-likeness (QED) is 0.703. The molecule has 1 aromatic rings. The monoisotopic (exact) mass is 237 g/mol. The molecule has 1 amide bonds. The van der Waals surface area contributed by atoms with Crippen molar-refractivity contribution in [1.82, 2.24) is 0 Å². The largest absolute Gasteiger partial charge is 0.454 e. The SMILES string of the molecule is CC(=O)Nc1cc2c(cc1[C@@H](N)CN)OCO2. The zero-order valence-electron chi connectivity index (χ0n) is 9.53. The molecule has 1 atom stereocenters. The number of carbonyl (C=O) groups excluding carboxylic acids is 1. The van der Waals surface area contributed by atoms with Gasteiger partial charge in [-0.1, -0.05) is 0 Å². The molecular formula is C11H15N3O3. The Morgan fingerprint density at radius 2 is 2.12 bits per heavy atom. The summed E-state index contributed by atoms with van der Waals surface area (Å²) in [7, 11) is 0. The Morgan fingerprint density at radius 1 is 1.47 bits per heavy atom. The average molecular weight is 237 g/mol. The van der Waals surface area contributed by atoms with Crippen LogP contribution >= 0.6 is 0 Å². The van der Waals surface area contributed by atoms with Crippen LogP contribution in [0.1, 0.15) is 18.5 Å². The van der Waals surface area contributed by atoms with Gasteiger partial charge in [0.1, 0.15) is 0 Å². The summed E-state index contributed by atoms with van der Waals surface area (Å²) >= 11 is 0. The highest BCUT2D eigenvalue weighted by Gasteiger charge is 2.20. The third-order valence-electron chi connectivity index (χ3n) is 2.51. The van der Waals surface area contributed by atoms with Gasteiger partial charge in [0.05, 0.1) is 0 Å². The Balaban J connectivity index is 2.43. The van der Waals surface area contributed by atoms with Gasteiger partial charge < -0.3 is 26.3 Å². The summed E-state index contributed by atoms with van der Waals surface area (Å²) in [6.07, 6.45) is 0. The molecular weight excluding hydrogens is 222 g/mol. The first-order chi connectivity index (χ1) is 8.11. The van der Waals surface area contributed by atoms with Gasteiger partial charge in [0.25, 0.3) is 0 Å². The Kier molecular flexibility index (Phi) is 3.16. The lowest BCUT2D eigenvalue weighted by molar-refractivity contribution is -0.114. The Bertz CT molecular complexity index is 448. The smallest absolute Gasteiger partial charge is 0.231 e. The molecule has 0 saturated carbocycles. The molecule has 2 rings (SSSR count). The van der Waals surface area contributed by atoms with E-state index in [2.05, 4.69) is 5.32 Å². The number of nitrogens with two attached hydrogens (primary N) is 2. The van der Waals surface area contributed by atoms with Gasteiger partial charge in [0, 0.05) is 31.3 Å². The molecule has 0 fully saturated rings. The van der Waals surface area contributed by atoms with Gasteiger partial charge in [0.15, 0.2) is 11.5 Å². The molecule has 0 bridgehead atoms. The number of amides is 1. The molecule has 1 aromatic carbocycles. The minimum Gasteiger partial charge on any atom is -0.454 e. The molecule has 0 saturated heterocycles. The number of carbonyl (C=O) groups is 1. The fraction of sp³-hybridized carbons (Fsp3) is 0.364. The highest BCUT2D eigenvalue weighted by molar-refractivity contribution is 5.90. The number of hydrogen-bond acceptors (Lipinski definition) is 5. The van der Waals surface area contributed by atoms with Gasteiger partial charge in [0.2, 0.25) is 12.7 Å². The molecule has 1 heterocycles. The number of hydrogen-bond donors (Lipinski definition) is 3. The first-order valence-corrected chi connectivity index (χ1v) is 5.28. The van der Waals surface area contributed by atoms with E-state index in [1.54, 1.807) is 12.1 Å². The molecule has 0 unspecified atom stereocenters. The summed E-state index contributed by atoms with van der Waals surface area (Å²) in [5.74, 6) is 1.05. The summed E-state index contributed by atoms with van der Waals surface area (Å²) in [4.78, 5) is 11.1. The lowest BCUT2D eigenvalue weighted by Gasteiger charge is -2.15. The Morgan fingerprint density at radius 3 is 2.71 bits per heavy atom. The first-order valence-electron chi connectivity index (χ1n) is 5.28. The number of fused-ring (bicyclic) bond motifs is 1. The number of anilines is 1.